The first-order valence-corrected chi connectivity index (χ1v) is 21.4. The van der Waals surface area contributed by atoms with Gasteiger partial charge in [0.2, 0.25) is 0 Å². The monoisotopic (exact) mass is 752 g/mol. The van der Waals surface area contributed by atoms with Crippen molar-refractivity contribution < 1.29 is 46.1 Å². The van der Waals surface area contributed by atoms with Gasteiger partial charge in [0.1, 0.15) is 0 Å². The molecule has 7 rings (SSSR count). The Morgan fingerprint density at radius 1 is 0.729 bits per heavy atom. The van der Waals surface area contributed by atoms with Crippen LogP contribution in [0.4, 0.5) is 0 Å². The van der Waals surface area contributed by atoms with E-state index in [1.807, 2.05) is 0 Å². The van der Waals surface area contributed by atoms with Crippen LogP contribution in [-0.4, -0.2) is 3.21 Å². The summed E-state index contributed by atoms with van der Waals surface area (Å²) in [6.45, 7) is 26.6. The summed E-state index contributed by atoms with van der Waals surface area (Å²) in [5, 5.41) is 0. The molecule has 4 aliphatic rings. The van der Waals surface area contributed by atoms with Gasteiger partial charge in [0, 0.05) is 0 Å². The summed E-state index contributed by atoms with van der Waals surface area (Å²) < 4.78 is 3.89. The SMILES string of the molecule is CC1=CCC(C)(C)c2cc3c(cc21)-c1cc2c(cc1[CH]3/[Zr+2]([C]1=CC(C(C)(C)C)=CC1C)=[C](\C)c1ccccc1)C(C)(C)CC=C2C.[Cl-].[Cl-]. The van der Waals surface area contributed by atoms with Crippen LogP contribution in [0.15, 0.2) is 87.8 Å². The molecule has 0 saturated carbocycles. The van der Waals surface area contributed by atoms with Crippen LogP contribution in [-0.2, 0) is 32.1 Å². The number of hydrogen-bond donors (Lipinski definition) is 0. The molecule has 0 amide bonds. The smallest absolute Gasteiger partial charge is 1.00 e. The van der Waals surface area contributed by atoms with Crippen LogP contribution in [0.5, 0.6) is 0 Å². The molecule has 0 aromatic heterocycles. The van der Waals surface area contributed by atoms with Crippen LogP contribution in [0.1, 0.15) is 132 Å². The van der Waals surface area contributed by atoms with E-state index in [2.05, 4.69) is 155 Å². The van der Waals surface area contributed by atoms with Gasteiger partial charge in [-0.25, -0.2) is 0 Å². The fourth-order valence-electron chi connectivity index (χ4n) is 8.62. The molecule has 0 aliphatic heterocycles. The van der Waals surface area contributed by atoms with Crippen molar-refractivity contribution in [2.24, 2.45) is 11.3 Å². The van der Waals surface area contributed by atoms with E-state index in [4.69, 9.17) is 0 Å². The third-order valence-electron chi connectivity index (χ3n) is 11.7. The summed E-state index contributed by atoms with van der Waals surface area (Å²) >= 11 is -2.66. The Morgan fingerprint density at radius 2 is 1.21 bits per heavy atom. The van der Waals surface area contributed by atoms with Gasteiger partial charge in [0.05, 0.1) is 0 Å². The molecule has 48 heavy (non-hydrogen) atoms. The number of benzene rings is 3. The molecule has 0 N–H and O–H groups in total. The van der Waals surface area contributed by atoms with Crippen molar-refractivity contribution in [3.05, 3.63) is 127 Å². The topological polar surface area (TPSA) is 0 Å². The van der Waals surface area contributed by atoms with E-state index in [-0.39, 0.29) is 41.1 Å². The number of halogens is 2. The van der Waals surface area contributed by atoms with E-state index in [0.29, 0.717) is 9.54 Å². The van der Waals surface area contributed by atoms with Crippen molar-refractivity contribution in [2.45, 2.75) is 103 Å². The maximum atomic E-state index is 2.70. The standard InChI is InChI=1S/C27H29.C10H15.C8H8.2ClH.Zr/c1-16-7-9-26(3,4)24-12-18-11-19-13-25-21(17(2)8-10-27(25,5)6)15-23(19)22(18)14-20(16)24;1-8-5-6-9(7-8)10(2,3)4;1-2-8-6-4-3-5-7-8;;;/h7-8,11-15H,9-10H2,1-6H3;6-8H,1-4H3;3-7H,1H3;2*1H;/q;;;;;+2/p-2. The maximum absolute atomic E-state index is 2.70. The predicted octanol–water partition coefficient (Wildman–Crippen LogP) is 6.30. The Labute approximate surface area is 310 Å². The molecule has 0 heterocycles. The molecule has 3 aromatic rings. The van der Waals surface area contributed by atoms with E-state index in [0.717, 1.165) is 12.8 Å². The molecule has 0 bridgehead atoms. The van der Waals surface area contributed by atoms with Crippen molar-refractivity contribution in [1.82, 2.24) is 0 Å². The van der Waals surface area contributed by atoms with Gasteiger partial charge in [0.25, 0.3) is 0 Å². The molecule has 250 valence electrons. The van der Waals surface area contributed by atoms with Crippen LogP contribution >= 0.6 is 0 Å². The Morgan fingerprint density at radius 3 is 1.65 bits per heavy atom. The normalized spacial score (nSPS) is 20.4. The molecular formula is C45H52Cl2Zr. The van der Waals surface area contributed by atoms with Crippen molar-refractivity contribution in [3.63, 3.8) is 0 Å². The van der Waals surface area contributed by atoms with Crippen molar-refractivity contribution in [1.29, 1.82) is 0 Å². The third kappa shape index (κ3) is 6.03. The quantitative estimate of drug-likeness (QED) is 0.295. The summed E-state index contributed by atoms with van der Waals surface area (Å²) in [6, 6.07) is 22.0. The zero-order chi connectivity index (χ0) is 32.9. The summed E-state index contributed by atoms with van der Waals surface area (Å²) in [4.78, 5) is 0. The van der Waals surface area contributed by atoms with Crippen LogP contribution in [0.3, 0.4) is 0 Å². The van der Waals surface area contributed by atoms with Gasteiger partial charge in [-0.3, -0.25) is 0 Å². The van der Waals surface area contributed by atoms with Crippen LogP contribution < -0.4 is 24.8 Å². The number of rotatable bonds is 3. The largest absolute Gasteiger partial charge is 1.00 e. The van der Waals surface area contributed by atoms with Crippen molar-refractivity contribution in [3.8, 4) is 11.1 Å². The molecule has 0 radical (unpaired) electrons. The van der Waals surface area contributed by atoms with Crippen molar-refractivity contribution >= 4 is 14.4 Å². The predicted molar refractivity (Wildman–Crippen MR) is 197 cm³/mol. The number of hydrogen-bond acceptors (Lipinski definition) is 0. The zero-order valence-electron chi connectivity index (χ0n) is 30.8. The first-order valence-electron chi connectivity index (χ1n) is 17.5. The Hall–Kier alpha value is -2.05. The fraction of sp³-hybridized carbons (Fsp3) is 0.400. The Balaban J connectivity index is 0.00000225. The minimum absolute atomic E-state index is 0. The minimum atomic E-state index is -2.66. The van der Waals surface area contributed by atoms with E-state index >= 15 is 0 Å². The van der Waals surface area contributed by atoms with Gasteiger partial charge in [-0.15, -0.1) is 0 Å². The molecule has 0 fully saturated rings. The second-order valence-corrected chi connectivity index (χ2v) is 23.7. The molecule has 3 aromatic carbocycles. The average molecular weight is 755 g/mol. The second kappa shape index (κ2) is 12.9. The van der Waals surface area contributed by atoms with Gasteiger partial charge >= 0.3 is 288 Å². The molecule has 4 aliphatic carbocycles. The van der Waals surface area contributed by atoms with E-state index < -0.39 is 21.3 Å². The Bertz CT molecular complexity index is 1870. The van der Waals surface area contributed by atoms with Gasteiger partial charge in [-0.2, -0.15) is 0 Å². The number of allylic oxidation sites excluding steroid dienone is 8. The summed E-state index contributed by atoms with van der Waals surface area (Å²) in [7, 11) is 0. The molecular weight excluding hydrogens is 703 g/mol. The zero-order valence-corrected chi connectivity index (χ0v) is 34.8. The Kier molecular flexibility index (Phi) is 10.0. The first kappa shape index (κ1) is 37.2. The molecule has 0 saturated heterocycles. The van der Waals surface area contributed by atoms with Gasteiger partial charge in [0.15, 0.2) is 0 Å². The third-order valence-corrected chi connectivity index (χ3v) is 20.4. The van der Waals surface area contributed by atoms with Crippen LogP contribution in [0.25, 0.3) is 22.3 Å². The molecule has 1 atom stereocenters. The molecule has 0 nitrogen and oxygen atoms in total. The number of fused-ring (bicyclic) bond motifs is 5. The minimum Gasteiger partial charge on any atom is -1.00 e. The van der Waals surface area contributed by atoms with Crippen LogP contribution in [0, 0.1) is 11.3 Å². The second-order valence-electron chi connectivity index (χ2n) is 17.0. The summed E-state index contributed by atoms with van der Waals surface area (Å²) in [6.07, 6.45) is 12.4. The summed E-state index contributed by atoms with van der Waals surface area (Å²) in [5.74, 6) is 0.480. The molecule has 3 heteroatoms. The molecule has 0 spiro atoms. The summed E-state index contributed by atoms with van der Waals surface area (Å²) in [5.41, 5.74) is 18.5. The van der Waals surface area contributed by atoms with Crippen LogP contribution in [0.2, 0.25) is 0 Å². The van der Waals surface area contributed by atoms with E-state index in [1.165, 1.54) is 44.5 Å². The fourth-order valence-corrected chi connectivity index (χ4v) is 17.6. The first-order chi connectivity index (χ1) is 21.6. The van der Waals surface area contributed by atoms with Gasteiger partial charge in [-0.05, 0) is 0 Å². The van der Waals surface area contributed by atoms with E-state index in [9.17, 15) is 0 Å². The molecule has 1 unspecified atom stereocenters. The van der Waals surface area contributed by atoms with Crippen molar-refractivity contribution in [2.75, 3.05) is 0 Å². The van der Waals surface area contributed by atoms with Gasteiger partial charge < -0.3 is 24.8 Å². The average Bonchev–Trinajstić information content (AvgIpc) is 3.54. The maximum Gasteiger partial charge on any atom is -1.00 e. The van der Waals surface area contributed by atoms with Gasteiger partial charge in [-0.1, -0.05) is 0 Å². The van der Waals surface area contributed by atoms with E-state index in [1.54, 1.807) is 28.7 Å².